The van der Waals surface area contributed by atoms with Crippen LogP contribution in [0.25, 0.3) is 11.1 Å². The molecule has 1 aliphatic heterocycles. The highest BCUT2D eigenvalue weighted by Crippen LogP contribution is 2.41. The first-order chi connectivity index (χ1) is 14.8. The summed E-state index contributed by atoms with van der Waals surface area (Å²) in [6, 6.07) is 12.1. The van der Waals surface area contributed by atoms with Crippen molar-refractivity contribution in [2.45, 2.75) is 24.8 Å². The molecule has 162 valence electrons. The monoisotopic (exact) mass is 430 g/mol. The van der Waals surface area contributed by atoms with E-state index in [1.165, 1.54) is 30.6 Å². The van der Waals surface area contributed by atoms with Gasteiger partial charge in [0.2, 0.25) is 0 Å². The molecular formula is C23H21F3N2O3. The number of hydrogen-bond donors (Lipinski definition) is 3. The predicted octanol–water partition coefficient (Wildman–Crippen LogP) is 4.73. The van der Waals surface area contributed by atoms with Crippen LogP contribution in [0, 0.1) is 0 Å². The standard InChI is InChI=1S/C23H21F3N2O3/c24-23(25,26)19-4-2-1-3-16(19)14-5-6-17-15(8-10-31-21(17)11-14)12-28-20-13-27-9-7-18(20)22(29)30/h1-7,9,11,13,15,22,28-30H,8,10,12H2/t15-/m0/s1. The number of anilines is 1. The van der Waals surface area contributed by atoms with Gasteiger partial charge >= 0.3 is 6.18 Å². The van der Waals surface area contributed by atoms with Gasteiger partial charge < -0.3 is 20.3 Å². The molecule has 1 aliphatic rings. The van der Waals surface area contributed by atoms with Crippen molar-refractivity contribution >= 4 is 5.69 Å². The Labute approximate surface area is 177 Å². The van der Waals surface area contributed by atoms with Crippen molar-refractivity contribution in [1.82, 2.24) is 4.98 Å². The molecule has 0 spiro atoms. The van der Waals surface area contributed by atoms with Gasteiger partial charge in [0.05, 0.1) is 24.1 Å². The van der Waals surface area contributed by atoms with E-state index in [0.29, 0.717) is 35.7 Å². The summed E-state index contributed by atoms with van der Waals surface area (Å²) in [4.78, 5) is 4.01. The highest BCUT2D eigenvalue weighted by molar-refractivity contribution is 5.70. The zero-order chi connectivity index (χ0) is 22.0. The summed E-state index contributed by atoms with van der Waals surface area (Å²) in [5.41, 5.74) is 1.59. The molecular weight excluding hydrogens is 409 g/mol. The minimum Gasteiger partial charge on any atom is -0.493 e. The number of alkyl halides is 3. The van der Waals surface area contributed by atoms with Crippen molar-refractivity contribution in [1.29, 1.82) is 0 Å². The lowest BCUT2D eigenvalue weighted by molar-refractivity contribution is -0.137. The number of aromatic nitrogens is 1. The number of benzene rings is 2. The molecule has 0 amide bonds. The first-order valence-corrected chi connectivity index (χ1v) is 9.82. The molecule has 2 heterocycles. The van der Waals surface area contributed by atoms with Crippen molar-refractivity contribution in [3.63, 3.8) is 0 Å². The van der Waals surface area contributed by atoms with E-state index in [1.807, 2.05) is 0 Å². The maximum Gasteiger partial charge on any atom is 0.417 e. The highest BCUT2D eigenvalue weighted by Gasteiger charge is 2.33. The van der Waals surface area contributed by atoms with Gasteiger partial charge in [0, 0.05) is 24.2 Å². The predicted molar refractivity (Wildman–Crippen MR) is 110 cm³/mol. The second kappa shape index (κ2) is 8.56. The Kier molecular flexibility index (Phi) is 5.84. The van der Waals surface area contributed by atoms with E-state index < -0.39 is 18.0 Å². The van der Waals surface area contributed by atoms with Gasteiger partial charge in [-0.15, -0.1) is 0 Å². The van der Waals surface area contributed by atoms with Gasteiger partial charge in [0.25, 0.3) is 0 Å². The van der Waals surface area contributed by atoms with E-state index in [1.54, 1.807) is 24.3 Å². The third-order valence-electron chi connectivity index (χ3n) is 5.39. The molecule has 0 aliphatic carbocycles. The van der Waals surface area contributed by atoms with Gasteiger partial charge in [-0.2, -0.15) is 13.2 Å². The molecule has 1 aromatic heterocycles. The van der Waals surface area contributed by atoms with Gasteiger partial charge in [-0.25, -0.2) is 0 Å². The van der Waals surface area contributed by atoms with Crippen LogP contribution in [0.15, 0.2) is 60.9 Å². The zero-order valence-corrected chi connectivity index (χ0v) is 16.4. The molecule has 31 heavy (non-hydrogen) atoms. The first-order valence-electron chi connectivity index (χ1n) is 9.82. The van der Waals surface area contributed by atoms with E-state index in [9.17, 15) is 23.4 Å². The molecule has 0 saturated heterocycles. The van der Waals surface area contributed by atoms with Crippen molar-refractivity contribution in [3.8, 4) is 16.9 Å². The molecule has 0 unspecified atom stereocenters. The summed E-state index contributed by atoms with van der Waals surface area (Å²) in [6.07, 6.45) is -2.35. The fraction of sp³-hybridized carbons (Fsp3) is 0.261. The maximum atomic E-state index is 13.4. The Morgan fingerprint density at radius 1 is 1.13 bits per heavy atom. The smallest absolute Gasteiger partial charge is 0.417 e. The van der Waals surface area contributed by atoms with Gasteiger partial charge in [-0.1, -0.05) is 30.3 Å². The van der Waals surface area contributed by atoms with Gasteiger partial charge in [-0.05, 0) is 41.3 Å². The summed E-state index contributed by atoms with van der Waals surface area (Å²) in [5.74, 6) is 0.598. The lowest BCUT2D eigenvalue weighted by Crippen LogP contribution is -2.21. The number of pyridine rings is 1. The summed E-state index contributed by atoms with van der Waals surface area (Å²) in [6.45, 7) is 0.923. The molecule has 3 aromatic rings. The van der Waals surface area contributed by atoms with Crippen LogP contribution < -0.4 is 10.1 Å². The third-order valence-corrected chi connectivity index (χ3v) is 5.39. The maximum absolute atomic E-state index is 13.4. The zero-order valence-electron chi connectivity index (χ0n) is 16.4. The summed E-state index contributed by atoms with van der Waals surface area (Å²) in [7, 11) is 0. The van der Waals surface area contributed by atoms with E-state index in [-0.39, 0.29) is 11.5 Å². The van der Waals surface area contributed by atoms with Gasteiger partial charge in [0.1, 0.15) is 5.75 Å². The lowest BCUT2D eigenvalue weighted by Gasteiger charge is -2.27. The Morgan fingerprint density at radius 3 is 2.71 bits per heavy atom. The Morgan fingerprint density at radius 2 is 1.94 bits per heavy atom. The van der Waals surface area contributed by atoms with E-state index in [0.717, 1.165) is 18.1 Å². The molecule has 5 nitrogen and oxygen atoms in total. The second-order valence-corrected chi connectivity index (χ2v) is 7.35. The van der Waals surface area contributed by atoms with E-state index in [4.69, 9.17) is 4.74 Å². The number of aliphatic hydroxyl groups excluding tert-OH is 1. The van der Waals surface area contributed by atoms with Gasteiger partial charge in [-0.3, -0.25) is 4.98 Å². The van der Waals surface area contributed by atoms with Crippen LogP contribution in [0.4, 0.5) is 18.9 Å². The fourth-order valence-corrected chi connectivity index (χ4v) is 3.84. The molecule has 0 radical (unpaired) electrons. The molecule has 0 saturated carbocycles. The Balaban J connectivity index is 1.59. The molecule has 4 rings (SSSR count). The largest absolute Gasteiger partial charge is 0.493 e. The van der Waals surface area contributed by atoms with Crippen LogP contribution in [0.5, 0.6) is 5.75 Å². The molecule has 1 atom stereocenters. The second-order valence-electron chi connectivity index (χ2n) is 7.35. The van der Waals surface area contributed by atoms with Crippen molar-refractivity contribution in [3.05, 3.63) is 77.6 Å². The minimum absolute atomic E-state index is 0.0413. The molecule has 8 heteroatoms. The van der Waals surface area contributed by atoms with E-state index >= 15 is 0 Å². The quantitative estimate of drug-likeness (QED) is 0.511. The van der Waals surface area contributed by atoms with Crippen LogP contribution in [0.3, 0.4) is 0 Å². The van der Waals surface area contributed by atoms with Gasteiger partial charge in [0.15, 0.2) is 6.29 Å². The van der Waals surface area contributed by atoms with E-state index in [2.05, 4.69) is 10.3 Å². The highest BCUT2D eigenvalue weighted by atomic mass is 19.4. The number of hydrogen-bond acceptors (Lipinski definition) is 5. The number of nitrogens with zero attached hydrogens (tertiary/aromatic N) is 1. The van der Waals surface area contributed by atoms with Crippen LogP contribution in [-0.4, -0.2) is 28.3 Å². The summed E-state index contributed by atoms with van der Waals surface area (Å²) >= 11 is 0. The van der Waals surface area contributed by atoms with Crippen LogP contribution in [-0.2, 0) is 6.18 Å². The molecule has 2 aromatic carbocycles. The summed E-state index contributed by atoms with van der Waals surface area (Å²) < 4.78 is 46.0. The van der Waals surface area contributed by atoms with Crippen LogP contribution >= 0.6 is 0 Å². The number of ether oxygens (including phenoxy) is 1. The van der Waals surface area contributed by atoms with Crippen molar-refractivity contribution in [2.24, 2.45) is 0 Å². The van der Waals surface area contributed by atoms with Crippen molar-refractivity contribution in [2.75, 3.05) is 18.5 Å². The lowest BCUT2D eigenvalue weighted by atomic mass is 9.90. The van der Waals surface area contributed by atoms with Crippen molar-refractivity contribution < 1.29 is 28.1 Å². The Bertz CT molecular complexity index is 1070. The number of aliphatic hydroxyl groups is 2. The number of halogens is 3. The third kappa shape index (κ3) is 4.50. The van der Waals surface area contributed by atoms with Crippen LogP contribution in [0.1, 0.15) is 35.3 Å². The topological polar surface area (TPSA) is 74.6 Å². The number of fused-ring (bicyclic) bond motifs is 1. The number of rotatable bonds is 5. The fourth-order valence-electron chi connectivity index (χ4n) is 3.84. The normalized spacial score (nSPS) is 16.0. The average molecular weight is 430 g/mol. The molecule has 3 N–H and O–H groups in total. The average Bonchev–Trinajstić information content (AvgIpc) is 2.76. The number of nitrogens with one attached hydrogen (secondary N) is 1. The SMILES string of the molecule is OC(O)c1ccncc1NC[C@@H]1CCOc2cc(-c3ccccc3C(F)(F)F)ccc21. The molecule has 0 fully saturated rings. The minimum atomic E-state index is -4.45. The molecule has 0 bridgehead atoms. The first kappa shape index (κ1) is 21.1. The van der Waals surface area contributed by atoms with Crippen LogP contribution in [0.2, 0.25) is 0 Å². The Hall–Kier alpha value is -3.10. The summed E-state index contributed by atoms with van der Waals surface area (Å²) in [5, 5.41) is 22.2.